The van der Waals surface area contributed by atoms with Gasteiger partial charge in [0.05, 0.1) is 13.2 Å². The maximum Gasteiger partial charge on any atom is 0.260 e. The number of tetrazole rings is 1. The maximum atomic E-state index is 5.58. The minimum Gasteiger partial charge on any atom is -0.490 e. The highest BCUT2D eigenvalue weighted by atomic mass is 16.5. The van der Waals surface area contributed by atoms with Crippen LogP contribution in [0.5, 0.6) is 11.5 Å². The van der Waals surface area contributed by atoms with Crippen molar-refractivity contribution in [2.45, 2.75) is 13.5 Å². The first-order valence-corrected chi connectivity index (χ1v) is 6.51. The molecule has 112 valence electrons. The number of nitrogens with two attached hydrogens (primary N) is 1. The van der Waals surface area contributed by atoms with E-state index in [1.807, 2.05) is 25.1 Å². The molecule has 0 fully saturated rings. The molecule has 2 aromatic rings. The Morgan fingerprint density at radius 2 is 2.24 bits per heavy atom. The van der Waals surface area contributed by atoms with Gasteiger partial charge in [0.2, 0.25) is 0 Å². The SMILES string of the molecule is C=CCOc1ccc(CNn2nnnc2N)cc1OCC. The van der Waals surface area contributed by atoms with Crippen LogP contribution in [-0.4, -0.2) is 33.5 Å². The molecule has 1 aromatic carbocycles. The van der Waals surface area contributed by atoms with E-state index in [4.69, 9.17) is 15.2 Å². The van der Waals surface area contributed by atoms with Crippen molar-refractivity contribution >= 4 is 5.95 Å². The molecule has 0 aliphatic carbocycles. The molecule has 0 unspecified atom stereocenters. The van der Waals surface area contributed by atoms with Crippen LogP contribution >= 0.6 is 0 Å². The molecule has 0 aliphatic heterocycles. The smallest absolute Gasteiger partial charge is 0.260 e. The predicted molar refractivity (Wildman–Crippen MR) is 78.6 cm³/mol. The summed E-state index contributed by atoms with van der Waals surface area (Å²) in [4.78, 5) is 1.31. The molecule has 21 heavy (non-hydrogen) atoms. The third-order valence-corrected chi connectivity index (χ3v) is 2.59. The molecule has 0 saturated carbocycles. The number of nitrogen functional groups attached to an aromatic ring is 1. The lowest BCUT2D eigenvalue weighted by atomic mass is 10.2. The van der Waals surface area contributed by atoms with Crippen molar-refractivity contribution in [1.82, 2.24) is 20.3 Å². The second-order valence-corrected chi connectivity index (χ2v) is 4.10. The third kappa shape index (κ3) is 3.85. The Morgan fingerprint density at radius 3 is 2.90 bits per heavy atom. The summed E-state index contributed by atoms with van der Waals surface area (Å²) in [5, 5.41) is 10.7. The normalized spacial score (nSPS) is 10.1. The lowest BCUT2D eigenvalue weighted by Crippen LogP contribution is -2.18. The van der Waals surface area contributed by atoms with Crippen molar-refractivity contribution in [2.24, 2.45) is 0 Å². The van der Waals surface area contributed by atoms with E-state index in [2.05, 4.69) is 27.5 Å². The highest BCUT2D eigenvalue weighted by Crippen LogP contribution is 2.28. The zero-order valence-electron chi connectivity index (χ0n) is 11.8. The van der Waals surface area contributed by atoms with Crippen LogP contribution in [0.15, 0.2) is 30.9 Å². The lowest BCUT2D eigenvalue weighted by Gasteiger charge is -2.13. The Bertz CT molecular complexity index is 598. The average molecular weight is 290 g/mol. The highest BCUT2D eigenvalue weighted by molar-refractivity contribution is 5.43. The largest absolute Gasteiger partial charge is 0.490 e. The van der Waals surface area contributed by atoms with Crippen molar-refractivity contribution in [1.29, 1.82) is 0 Å². The monoisotopic (exact) mass is 290 g/mol. The fourth-order valence-corrected chi connectivity index (χ4v) is 1.67. The number of hydrogen-bond donors (Lipinski definition) is 2. The quantitative estimate of drug-likeness (QED) is 0.698. The molecule has 0 radical (unpaired) electrons. The molecular weight excluding hydrogens is 272 g/mol. The van der Waals surface area contributed by atoms with Gasteiger partial charge in [-0.3, -0.25) is 0 Å². The summed E-state index contributed by atoms with van der Waals surface area (Å²) in [5.74, 6) is 1.57. The predicted octanol–water partition coefficient (Wildman–Crippen LogP) is 0.962. The van der Waals surface area contributed by atoms with Crippen LogP contribution in [0.25, 0.3) is 0 Å². The standard InChI is InChI=1S/C13H18N6O2/c1-3-7-21-11-6-5-10(8-12(11)20-4-2)9-15-19-13(14)16-17-18-19/h3,5-6,8,15H,1,4,7,9H2,2H3,(H2,14,16,18). The molecule has 0 spiro atoms. The van der Waals surface area contributed by atoms with E-state index in [1.54, 1.807) is 6.08 Å². The highest BCUT2D eigenvalue weighted by Gasteiger charge is 2.07. The van der Waals surface area contributed by atoms with Crippen LogP contribution < -0.4 is 20.6 Å². The molecule has 0 bridgehead atoms. The number of ether oxygens (including phenoxy) is 2. The van der Waals surface area contributed by atoms with Gasteiger partial charge < -0.3 is 20.6 Å². The molecule has 8 nitrogen and oxygen atoms in total. The molecule has 1 aromatic heterocycles. The number of anilines is 1. The summed E-state index contributed by atoms with van der Waals surface area (Å²) < 4.78 is 11.1. The minimum atomic E-state index is 0.200. The van der Waals surface area contributed by atoms with Gasteiger partial charge in [0.1, 0.15) is 6.61 Å². The fraction of sp³-hybridized carbons (Fsp3) is 0.308. The van der Waals surface area contributed by atoms with Crippen LogP contribution in [0.3, 0.4) is 0 Å². The Morgan fingerprint density at radius 1 is 1.38 bits per heavy atom. The van der Waals surface area contributed by atoms with Gasteiger partial charge in [-0.1, -0.05) is 23.8 Å². The number of nitrogens with zero attached hydrogens (tertiary/aromatic N) is 4. The van der Waals surface area contributed by atoms with Crippen LogP contribution in [0.4, 0.5) is 5.95 Å². The number of benzene rings is 1. The molecule has 2 rings (SSSR count). The van der Waals surface area contributed by atoms with Crippen LogP contribution in [0, 0.1) is 0 Å². The van der Waals surface area contributed by atoms with E-state index in [9.17, 15) is 0 Å². The second kappa shape index (κ2) is 7.13. The van der Waals surface area contributed by atoms with Gasteiger partial charge in [-0.15, -0.1) is 4.79 Å². The van der Waals surface area contributed by atoms with E-state index in [0.29, 0.717) is 31.3 Å². The lowest BCUT2D eigenvalue weighted by molar-refractivity contribution is 0.296. The zero-order chi connectivity index (χ0) is 15.1. The summed E-state index contributed by atoms with van der Waals surface area (Å²) in [5.41, 5.74) is 9.54. The van der Waals surface area contributed by atoms with Gasteiger partial charge in [0.15, 0.2) is 11.5 Å². The first kappa shape index (κ1) is 14.6. The Balaban J connectivity index is 2.07. The maximum absolute atomic E-state index is 5.58. The topological polar surface area (TPSA) is 100 Å². The minimum absolute atomic E-state index is 0.200. The Hall–Kier alpha value is -2.77. The molecular formula is C13H18N6O2. The summed E-state index contributed by atoms with van der Waals surface area (Å²) in [6.07, 6.45) is 1.69. The van der Waals surface area contributed by atoms with E-state index in [1.165, 1.54) is 4.79 Å². The van der Waals surface area contributed by atoms with Crippen LogP contribution in [0.1, 0.15) is 12.5 Å². The van der Waals surface area contributed by atoms with Gasteiger partial charge in [-0.05, 0) is 35.0 Å². The molecule has 0 atom stereocenters. The van der Waals surface area contributed by atoms with Crippen molar-refractivity contribution in [3.8, 4) is 11.5 Å². The molecule has 0 aliphatic rings. The van der Waals surface area contributed by atoms with Gasteiger partial charge in [-0.2, -0.15) is 0 Å². The fourth-order valence-electron chi connectivity index (χ4n) is 1.67. The van der Waals surface area contributed by atoms with Crippen molar-refractivity contribution < 1.29 is 9.47 Å². The first-order chi connectivity index (χ1) is 10.2. The van der Waals surface area contributed by atoms with Gasteiger partial charge in [0.25, 0.3) is 5.95 Å². The van der Waals surface area contributed by atoms with E-state index in [-0.39, 0.29) is 5.95 Å². The second-order valence-electron chi connectivity index (χ2n) is 4.10. The first-order valence-electron chi connectivity index (χ1n) is 6.51. The number of hydrogen-bond acceptors (Lipinski definition) is 7. The average Bonchev–Trinajstić information content (AvgIpc) is 2.90. The molecule has 1 heterocycles. The van der Waals surface area contributed by atoms with E-state index < -0.39 is 0 Å². The van der Waals surface area contributed by atoms with Crippen molar-refractivity contribution in [2.75, 3.05) is 24.4 Å². The Kier molecular flexibility index (Phi) is 4.97. The summed E-state index contributed by atoms with van der Waals surface area (Å²) in [7, 11) is 0. The van der Waals surface area contributed by atoms with Gasteiger partial charge >= 0.3 is 0 Å². The van der Waals surface area contributed by atoms with Gasteiger partial charge in [-0.25, -0.2) is 0 Å². The summed E-state index contributed by atoms with van der Waals surface area (Å²) >= 11 is 0. The number of nitrogens with one attached hydrogen (secondary N) is 1. The van der Waals surface area contributed by atoms with Crippen LogP contribution in [-0.2, 0) is 6.54 Å². The van der Waals surface area contributed by atoms with Crippen LogP contribution in [0.2, 0.25) is 0 Å². The molecule has 3 N–H and O–H groups in total. The number of aromatic nitrogens is 4. The van der Waals surface area contributed by atoms with E-state index >= 15 is 0 Å². The van der Waals surface area contributed by atoms with Crippen molar-refractivity contribution in [3.05, 3.63) is 36.4 Å². The van der Waals surface area contributed by atoms with E-state index in [0.717, 1.165) is 5.56 Å². The molecule has 0 amide bonds. The molecule has 8 heteroatoms. The number of rotatable bonds is 8. The summed E-state index contributed by atoms with van der Waals surface area (Å²) in [6, 6.07) is 5.68. The Labute approximate surface area is 122 Å². The summed E-state index contributed by atoms with van der Waals surface area (Å²) in [6.45, 7) is 7.03. The van der Waals surface area contributed by atoms with Crippen molar-refractivity contribution in [3.63, 3.8) is 0 Å². The molecule has 0 saturated heterocycles. The van der Waals surface area contributed by atoms with Gasteiger partial charge in [0, 0.05) is 0 Å². The zero-order valence-corrected chi connectivity index (χ0v) is 11.8. The third-order valence-electron chi connectivity index (χ3n) is 2.59.